The highest BCUT2D eigenvalue weighted by atomic mass is 28.3. The van der Waals surface area contributed by atoms with Crippen molar-refractivity contribution in [2.45, 2.75) is 65.2 Å². The zero-order valence-electron chi connectivity index (χ0n) is 11.7. The number of carboxylic acids is 1. The summed E-state index contributed by atoms with van der Waals surface area (Å²) >= 11 is 0. The van der Waals surface area contributed by atoms with Crippen molar-refractivity contribution < 1.29 is 9.90 Å². The Morgan fingerprint density at radius 2 is 1.75 bits per heavy atom. The number of aliphatic carboxylic acids is 1. The van der Waals surface area contributed by atoms with Crippen molar-refractivity contribution in [1.82, 2.24) is 4.98 Å². The van der Waals surface area contributed by atoms with Gasteiger partial charge in [0.2, 0.25) is 0 Å². The summed E-state index contributed by atoms with van der Waals surface area (Å²) in [5.41, 5.74) is 0. The smallest absolute Gasteiger partial charge is 0.320 e. The fraction of sp³-hybridized carbons (Fsp3) is 0.917. The average Bonchev–Trinajstić information content (AvgIpc) is 1.98. The predicted octanol–water partition coefficient (Wildman–Crippen LogP) is 3.08. The molecule has 0 aromatic heterocycles. The zero-order valence-corrected chi connectivity index (χ0v) is 12.7. The molecule has 0 aromatic carbocycles. The van der Waals surface area contributed by atoms with Gasteiger partial charge < -0.3 is 10.1 Å². The monoisotopic (exact) mass is 245 g/mol. The van der Waals surface area contributed by atoms with Gasteiger partial charge in [-0.2, -0.15) is 0 Å². The molecule has 3 nitrogen and oxygen atoms in total. The van der Waals surface area contributed by atoms with Crippen LogP contribution in [0.3, 0.4) is 0 Å². The van der Waals surface area contributed by atoms with E-state index in [1.807, 2.05) is 0 Å². The quantitative estimate of drug-likeness (QED) is 0.732. The van der Waals surface area contributed by atoms with Crippen LogP contribution in [0.2, 0.25) is 18.1 Å². The van der Waals surface area contributed by atoms with E-state index < -0.39 is 20.2 Å². The Labute approximate surface area is 101 Å². The second-order valence-corrected chi connectivity index (χ2v) is 11.6. The van der Waals surface area contributed by atoms with Crippen LogP contribution in [0.1, 0.15) is 41.0 Å². The number of hydrogen-bond donors (Lipinski definition) is 2. The Balaban J connectivity index is 4.69. The van der Waals surface area contributed by atoms with E-state index in [1.54, 1.807) is 0 Å². The van der Waals surface area contributed by atoms with Crippen molar-refractivity contribution in [3.63, 3.8) is 0 Å². The molecule has 4 heteroatoms. The van der Waals surface area contributed by atoms with Gasteiger partial charge in [-0.15, -0.1) is 0 Å². The number of carbonyl (C=O) groups is 1. The number of hydrogen-bond acceptors (Lipinski definition) is 2. The molecule has 16 heavy (non-hydrogen) atoms. The minimum atomic E-state index is -1.73. The molecular weight excluding hydrogens is 218 g/mol. The van der Waals surface area contributed by atoms with E-state index in [0.717, 1.165) is 0 Å². The Morgan fingerprint density at radius 1 is 1.31 bits per heavy atom. The molecule has 0 aromatic rings. The maximum atomic E-state index is 11.2. The Morgan fingerprint density at radius 3 is 2.00 bits per heavy atom. The molecule has 0 rings (SSSR count). The normalized spacial score (nSPS) is 15.2. The highest BCUT2D eigenvalue weighted by molar-refractivity contribution is 6.78. The molecule has 0 saturated heterocycles. The van der Waals surface area contributed by atoms with Crippen LogP contribution in [0, 0.1) is 5.92 Å². The average molecular weight is 245 g/mol. The van der Waals surface area contributed by atoms with E-state index >= 15 is 0 Å². The van der Waals surface area contributed by atoms with Gasteiger partial charge in [0.25, 0.3) is 0 Å². The van der Waals surface area contributed by atoms with E-state index in [-0.39, 0.29) is 5.04 Å². The second-order valence-electron chi connectivity index (χ2n) is 6.54. The van der Waals surface area contributed by atoms with Crippen LogP contribution in [0.5, 0.6) is 0 Å². The third-order valence-electron chi connectivity index (χ3n) is 3.42. The molecule has 0 fully saturated rings. The third kappa shape index (κ3) is 4.66. The summed E-state index contributed by atoms with van der Waals surface area (Å²) in [7, 11) is -1.73. The lowest BCUT2D eigenvalue weighted by Gasteiger charge is -2.39. The molecule has 2 N–H and O–H groups in total. The van der Waals surface area contributed by atoms with Crippen LogP contribution < -0.4 is 4.98 Å². The predicted molar refractivity (Wildman–Crippen MR) is 71.2 cm³/mol. The Hall–Kier alpha value is -0.353. The lowest BCUT2D eigenvalue weighted by atomic mass is 10.1. The molecule has 0 aliphatic carbocycles. The lowest BCUT2D eigenvalue weighted by Crippen LogP contribution is -2.58. The van der Waals surface area contributed by atoms with Crippen molar-refractivity contribution in [1.29, 1.82) is 0 Å². The minimum Gasteiger partial charge on any atom is -0.480 e. The highest BCUT2D eigenvalue weighted by Gasteiger charge is 2.38. The summed E-state index contributed by atoms with van der Waals surface area (Å²) in [6, 6.07) is -0.402. The molecule has 0 spiro atoms. The molecule has 0 bridgehead atoms. The molecule has 96 valence electrons. The van der Waals surface area contributed by atoms with Crippen LogP contribution in [-0.4, -0.2) is 25.4 Å². The largest absolute Gasteiger partial charge is 0.480 e. The van der Waals surface area contributed by atoms with Gasteiger partial charge in [-0.3, -0.25) is 4.79 Å². The topological polar surface area (TPSA) is 49.3 Å². The molecule has 0 amide bonds. The van der Waals surface area contributed by atoms with E-state index in [9.17, 15) is 9.90 Å². The fourth-order valence-corrected chi connectivity index (χ4v) is 2.89. The van der Waals surface area contributed by atoms with Crippen LogP contribution in [-0.2, 0) is 4.79 Å². The van der Waals surface area contributed by atoms with Crippen LogP contribution in [0.25, 0.3) is 0 Å². The first kappa shape index (κ1) is 15.6. The lowest BCUT2D eigenvalue weighted by molar-refractivity contribution is -0.139. The first-order valence-electron chi connectivity index (χ1n) is 5.98. The van der Waals surface area contributed by atoms with Gasteiger partial charge in [-0.1, -0.05) is 47.7 Å². The standard InChI is InChI=1S/C12H27NO2Si/c1-9(2)8-10(11(14)15)13-16(6,7)12(3,4)5/h9-10,13H,8H2,1-7H3,(H,14,15)/t10-/m0/s1. The first-order chi connectivity index (χ1) is 6.97. The van der Waals surface area contributed by atoms with Crippen molar-refractivity contribution >= 4 is 14.2 Å². The van der Waals surface area contributed by atoms with Gasteiger partial charge >= 0.3 is 5.97 Å². The molecule has 0 heterocycles. The van der Waals surface area contributed by atoms with Gasteiger partial charge in [0.15, 0.2) is 0 Å². The third-order valence-corrected chi connectivity index (χ3v) is 8.24. The number of rotatable bonds is 5. The molecule has 0 aliphatic heterocycles. The van der Waals surface area contributed by atoms with Crippen LogP contribution >= 0.6 is 0 Å². The zero-order chi connectivity index (χ0) is 13.1. The van der Waals surface area contributed by atoms with Gasteiger partial charge in [-0.05, 0) is 17.4 Å². The molecule has 0 radical (unpaired) electrons. The molecule has 0 aliphatic rings. The van der Waals surface area contributed by atoms with Crippen LogP contribution in [0.15, 0.2) is 0 Å². The molecule has 0 saturated carbocycles. The van der Waals surface area contributed by atoms with Gasteiger partial charge in [0, 0.05) is 0 Å². The fourth-order valence-electron chi connectivity index (χ4n) is 1.34. The van der Waals surface area contributed by atoms with E-state index in [2.05, 4.69) is 52.7 Å². The van der Waals surface area contributed by atoms with Crippen LogP contribution in [0.4, 0.5) is 0 Å². The minimum absolute atomic E-state index is 0.164. The summed E-state index contributed by atoms with van der Waals surface area (Å²) in [6.07, 6.45) is 0.696. The molecule has 1 atom stereocenters. The van der Waals surface area contributed by atoms with Crippen molar-refractivity contribution in [3.8, 4) is 0 Å². The number of carboxylic acid groups (broad SMARTS) is 1. The molecule has 0 unspecified atom stereocenters. The van der Waals surface area contributed by atoms with Gasteiger partial charge in [0.1, 0.15) is 14.3 Å². The summed E-state index contributed by atoms with van der Waals surface area (Å²) < 4.78 is 0. The maximum absolute atomic E-state index is 11.2. The van der Waals surface area contributed by atoms with Crippen molar-refractivity contribution in [2.24, 2.45) is 5.92 Å². The van der Waals surface area contributed by atoms with Gasteiger partial charge in [-0.25, -0.2) is 0 Å². The van der Waals surface area contributed by atoms with E-state index in [4.69, 9.17) is 0 Å². The molecular formula is C12H27NO2Si. The Kier molecular flexibility index (Phi) is 5.20. The summed E-state index contributed by atoms with van der Waals surface area (Å²) in [6.45, 7) is 15.1. The number of nitrogens with one attached hydrogen (secondary N) is 1. The second kappa shape index (κ2) is 5.32. The van der Waals surface area contributed by atoms with Crippen molar-refractivity contribution in [2.75, 3.05) is 0 Å². The van der Waals surface area contributed by atoms with Crippen molar-refractivity contribution in [3.05, 3.63) is 0 Å². The highest BCUT2D eigenvalue weighted by Crippen LogP contribution is 2.34. The summed E-state index contributed by atoms with van der Waals surface area (Å²) in [5, 5.41) is 9.38. The van der Waals surface area contributed by atoms with Gasteiger partial charge in [0.05, 0.1) is 0 Å². The summed E-state index contributed by atoms with van der Waals surface area (Å²) in [4.78, 5) is 14.6. The van der Waals surface area contributed by atoms with E-state index in [0.29, 0.717) is 12.3 Å². The van der Waals surface area contributed by atoms with E-state index in [1.165, 1.54) is 0 Å². The maximum Gasteiger partial charge on any atom is 0.320 e. The summed E-state index contributed by atoms with van der Waals surface area (Å²) in [5.74, 6) is -0.322. The first-order valence-corrected chi connectivity index (χ1v) is 8.98. The Bertz CT molecular complexity index is 244. The SMILES string of the molecule is CC(C)C[C@H](N[Si](C)(C)C(C)(C)C)C(=O)O.